The van der Waals surface area contributed by atoms with Gasteiger partial charge in [0.2, 0.25) is 0 Å². The molecule has 0 spiro atoms. The Balaban J connectivity index is 1.32. The molecule has 0 bridgehead atoms. The summed E-state index contributed by atoms with van der Waals surface area (Å²) in [4.78, 5) is 44.0. The average Bonchev–Trinajstić information content (AvgIpc) is 3.13. The highest BCUT2D eigenvalue weighted by Gasteiger charge is 2.41. The van der Waals surface area contributed by atoms with E-state index in [0.717, 1.165) is 21.7 Å². The van der Waals surface area contributed by atoms with Gasteiger partial charge in [0.1, 0.15) is 5.92 Å². The SMILES string of the molecule is Nc1cccc2c(NC(=O)c3ccc4c(c3)C(=O)C(c3ccc5ccccc5n3)C4=O)cccc12. The van der Waals surface area contributed by atoms with Crippen LogP contribution in [0.4, 0.5) is 11.4 Å². The van der Waals surface area contributed by atoms with Gasteiger partial charge in [-0.05, 0) is 42.5 Å². The van der Waals surface area contributed by atoms with Crippen LogP contribution in [-0.2, 0) is 0 Å². The highest BCUT2D eigenvalue weighted by molar-refractivity contribution is 6.30. The number of carbonyl (C=O) groups excluding carboxylic acids is 3. The van der Waals surface area contributed by atoms with E-state index in [1.807, 2.05) is 54.6 Å². The molecule has 1 aliphatic carbocycles. The average molecular weight is 457 g/mol. The minimum atomic E-state index is -1.01. The van der Waals surface area contributed by atoms with Crippen LogP contribution in [-0.4, -0.2) is 22.5 Å². The molecule has 168 valence electrons. The summed E-state index contributed by atoms with van der Waals surface area (Å²) in [5.41, 5.74) is 9.26. The Kier molecular flexibility index (Phi) is 4.67. The largest absolute Gasteiger partial charge is 0.398 e. The van der Waals surface area contributed by atoms with Crippen LogP contribution in [0.3, 0.4) is 0 Å². The number of aromatic nitrogens is 1. The van der Waals surface area contributed by atoms with Gasteiger partial charge in [0.25, 0.3) is 5.91 Å². The fourth-order valence-corrected chi connectivity index (χ4v) is 4.68. The molecule has 1 unspecified atom stereocenters. The van der Waals surface area contributed by atoms with Crippen LogP contribution in [0, 0.1) is 0 Å². The van der Waals surface area contributed by atoms with Gasteiger partial charge >= 0.3 is 0 Å². The van der Waals surface area contributed by atoms with Crippen molar-refractivity contribution in [2.45, 2.75) is 5.92 Å². The van der Waals surface area contributed by atoms with Crippen LogP contribution < -0.4 is 11.1 Å². The maximum Gasteiger partial charge on any atom is 0.255 e. The second kappa shape index (κ2) is 7.88. The number of carbonyl (C=O) groups is 3. The minimum absolute atomic E-state index is 0.241. The lowest BCUT2D eigenvalue weighted by Crippen LogP contribution is -2.14. The number of amides is 1. The predicted molar refractivity (Wildman–Crippen MR) is 136 cm³/mol. The molecule has 4 aromatic carbocycles. The molecule has 1 heterocycles. The number of benzene rings is 4. The zero-order valence-electron chi connectivity index (χ0n) is 18.5. The second-order valence-corrected chi connectivity index (χ2v) is 8.55. The monoisotopic (exact) mass is 457 g/mol. The smallest absolute Gasteiger partial charge is 0.255 e. The van der Waals surface area contributed by atoms with Gasteiger partial charge in [-0.2, -0.15) is 0 Å². The van der Waals surface area contributed by atoms with Crippen molar-refractivity contribution in [1.29, 1.82) is 0 Å². The first-order valence-corrected chi connectivity index (χ1v) is 11.2. The van der Waals surface area contributed by atoms with Gasteiger partial charge < -0.3 is 11.1 Å². The van der Waals surface area contributed by atoms with Crippen molar-refractivity contribution in [2.24, 2.45) is 0 Å². The molecule has 6 rings (SSSR count). The van der Waals surface area contributed by atoms with Gasteiger partial charge in [0.05, 0.1) is 11.2 Å². The third-order valence-corrected chi connectivity index (χ3v) is 6.46. The highest BCUT2D eigenvalue weighted by Crippen LogP contribution is 2.35. The summed E-state index contributed by atoms with van der Waals surface area (Å²) in [7, 11) is 0. The van der Waals surface area contributed by atoms with E-state index in [0.29, 0.717) is 22.6 Å². The molecule has 0 saturated heterocycles. The van der Waals surface area contributed by atoms with E-state index in [1.165, 1.54) is 6.07 Å². The number of ketones is 2. The molecule has 1 atom stereocenters. The molecule has 35 heavy (non-hydrogen) atoms. The number of nitrogens with two attached hydrogens (primary N) is 1. The zero-order valence-corrected chi connectivity index (χ0v) is 18.5. The molecule has 6 nitrogen and oxygen atoms in total. The summed E-state index contributed by atoms with van der Waals surface area (Å²) in [6.07, 6.45) is 0. The quantitative estimate of drug-likeness (QED) is 0.280. The number of hydrogen-bond donors (Lipinski definition) is 2. The first-order chi connectivity index (χ1) is 17.0. The van der Waals surface area contributed by atoms with Crippen LogP contribution in [0.15, 0.2) is 91.0 Å². The maximum absolute atomic E-state index is 13.3. The van der Waals surface area contributed by atoms with Crippen LogP contribution >= 0.6 is 0 Å². The molecule has 5 aromatic rings. The summed E-state index contributed by atoms with van der Waals surface area (Å²) >= 11 is 0. The number of pyridine rings is 1. The van der Waals surface area contributed by atoms with Crippen LogP contribution in [0.1, 0.15) is 42.7 Å². The van der Waals surface area contributed by atoms with Crippen molar-refractivity contribution in [3.63, 3.8) is 0 Å². The molecule has 3 N–H and O–H groups in total. The predicted octanol–water partition coefficient (Wildman–Crippen LogP) is 5.39. The molecule has 0 aliphatic heterocycles. The number of para-hydroxylation sites is 1. The first kappa shape index (κ1) is 20.7. The van der Waals surface area contributed by atoms with E-state index in [-0.39, 0.29) is 28.6 Å². The number of anilines is 2. The lowest BCUT2D eigenvalue weighted by molar-refractivity contribution is 0.0887. The van der Waals surface area contributed by atoms with Gasteiger partial charge in [-0.15, -0.1) is 0 Å². The van der Waals surface area contributed by atoms with Crippen molar-refractivity contribution in [2.75, 3.05) is 11.1 Å². The molecule has 1 aromatic heterocycles. The number of nitrogens with one attached hydrogen (secondary N) is 1. The molecule has 6 heteroatoms. The maximum atomic E-state index is 13.3. The Morgan fingerprint density at radius 3 is 2.43 bits per heavy atom. The second-order valence-electron chi connectivity index (χ2n) is 8.55. The molecule has 0 saturated carbocycles. The fraction of sp³-hybridized carbons (Fsp3) is 0.0345. The van der Waals surface area contributed by atoms with Crippen molar-refractivity contribution in [3.8, 4) is 0 Å². The van der Waals surface area contributed by atoms with E-state index in [2.05, 4.69) is 10.3 Å². The zero-order chi connectivity index (χ0) is 24.1. The summed E-state index contributed by atoms with van der Waals surface area (Å²) in [5.74, 6) is -2.03. The van der Waals surface area contributed by atoms with Crippen molar-refractivity contribution >= 4 is 50.5 Å². The molecule has 0 radical (unpaired) electrons. The Hall–Kier alpha value is -4.84. The number of Topliss-reactive ketones (excluding diaryl/α,β-unsaturated/α-hetero) is 2. The van der Waals surface area contributed by atoms with Gasteiger partial charge in [-0.1, -0.05) is 48.5 Å². The standard InChI is InChI=1S/C29H19N3O3/c30-22-8-3-7-19-18(22)6-4-10-24(19)32-29(35)17-11-13-20-21(15-17)28(34)26(27(20)33)25-14-12-16-5-1-2-9-23(16)31-25/h1-15,26H,30H2,(H,32,35). The summed E-state index contributed by atoms with van der Waals surface area (Å²) in [6.45, 7) is 0. The Bertz CT molecular complexity index is 1710. The van der Waals surface area contributed by atoms with Gasteiger partial charge in [0.15, 0.2) is 11.6 Å². The van der Waals surface area contributed by atoms with Gasteiger partial charge in [0, 0.05) is 44.2 Å². The molecular weight excluding hydrogens is 438 g/mol. The van der Waals surface area contributed by atoms with E-state index >= 15 is 0 Å². The molecular formula is C29H19N3O3. The summed E-state index contributed by atoms with van der Waals surface area (Å²) in [5, 5.41) is 5.49. The normalized spacial score (nSPS) is 14.9. The van der Waals surface area contributed by atoms with Crippen LogP contribution in [0.2, 0.25) is 0 Å². The van der Waals surface area contributed by atoms with Gasteiger partial charge in [-0.25, -0.2) is 0 Å². The highest BCUT2D eigenvalue weighted by atomic mass is 16.2. The fourth-order valence-electron chi connectivity index (χ4n) is 4.68. The van der Waals surface area contributed by atoms with E-state index in [4.69, 9.17) is 5.73 Å². The summed E-state index contributed by atoms with van der Waals surface area (Å²) < 4.78 is 0. The van der Waals surface area contributed by atoms with Crippen LogP contribution in [0.5, 0.6) is 0 Å². The first-order valence-electron chi connectivity index (χ1n) is 11.2. The Labute approximate surface area is 200 Å². The van der Waals surface area contributed by atoms with E-state index in [1.54, 1.807) is 30.3 Å². The number of fused-ring (bicyclic) bond motifs is 3. The Morgan fingerprint density at radius 2 is 1.54 bits per heavy atom. The van der Waals surface area contributed by atoms with Gasteiger partial charge in [-0.3, -0.25) is 19.4 Å². The topological polar surface area (TPSA) is 102 Å². The molecule has 1 aliphatic rings. The minimum Gasteiger partial charge on any atom is -0.398 e. The lowest BCUT2D eigenvalue weighted by Gasteiger charge is -2.10. The van der Waals surface area contributed by atoms with E-state index < -0.39 is 5.92 Å². The van der Waals surface area contributed by atoms with Crippen molar-refractivity contribution in [3.05, 3.63) is 113 Å². The number of hydrogen-bond acceptors (Lipinski definition) is 5. The lowest BCUT2D eigenvalue weighted by atomic mass is 9.98. The number of rotatable bonds is 3. The molecule has 0 fully saturated rings. The molecule has 1 amide bonds. The summed E-state index contributed by atoms with van der Waals surface area (Å²) in [6, 6.07) is 26.7. The number of nitrogen functional groups attached to an aromatic ring is 1. The van der Waals surface area contributed by atoms with Crippen molar-refractivity contribution in [1.82, 2.24) is 4.98 Å². The van der Waals surface area contributed by atoms with Crippen LogP contribution in [0.25, 0.3) is 21.7 Å². The third kappa shape index (κ3) is 3.35. The Morgan fingerprint density at radius 1 is 0.771 bits per heavy atom. The van der Waals surface area contributed by atoms with E-state index in [9.17, 15) is 14.4 Å². The third-order valence-electron chi connectivity index (χ3n) is 6.46. The number of nitrogens with zero attached hydrogens (tertiary/aromatic N) is 1. The van der Waals surface area contributed by atoms with Crippen molar-refractivity contribution < 1.29 is 14.4 Å².